The molecule has 1 unspecified atom stereocenters. The van der Waals surface area contributed by atoms with E-state index in [1.54, 1.807) is 11.3 Å². The number of aliphatic carboxylic acids is 1. The van der Waals surface area contributed by atoms with Crippen molar-refractivity contribution in [3.8, 4) is 0 Å². The number of carboxylic acids is 1. The van der Waals surface area contributed by atoms with E-state index in [4.69, 9.17) is 5.11 Å². The third-order valence-corrected chi connectivity index (χ3v) is 4.37. The first-order valence-corrected chi connectivity index (χ1v) is 7.14. The lowest BCUT2D eigenvalue weighted by atomic mass is 10.0. The monoisotopic (exact) mass is 269 g/mol. The van der Waals surface area contributed by atoms with Gasteiger partial charge in [-0.2, -0.15) is 0 Å². The van der Waals surface area contributed by atoms with E-state index < -0.39 is 5.97 Å². The van der Waals surface area contributed by atoms with Crippen LogP contribution >= 0.6 is 11.3 Å². The SMILES string of the molecule is Cc1ccsc1C(C)N(CCC(=O)O)C(C)(C)C. The fourth-order valence-electron chi connectivity index (χ4n) is 2.28. The van der Waals surface area contributed by atoms with Crippen LogP contribution in [0.15, 0.2) is 11.4 Å². The van der Waals surface area contributed by atoms with Crippen molar-refractivity contribution in [1.82, 2.24) is 4.90 Å². The molecule has 0 amide bonds. The predicted octanol–water partition coefficient (Wildman–Crippen LogP) is 3.69. The van der Waals surface area contributed by atoms with Gasteiger partial charge in [0.25, 0.3) is 0 Å². The standard InChI is InChI=1S/C14H23NO2S/c1-10-7-9-18-13(10)11(2)15(14(3,4)5)8-6-12(16)17/h7,9,11H,6,8H2,1-5H3,(H,16,17). The molecule has 0 aliphatic heterocycles. The first-order chi connectivity index (χ1) is 8.23. The van der Waals surface area contributed by atoms with Gasteiger partial charge in [-0.05, 0) is 51.6 Å². The number of hydrogen-bond donors (Lipinski definition) is 1. The predicted molar refractivity (Wildman–Crippen MR) is 76.2 cm³/mol. The Morgan fingerprint density at radius 1 is 1.50 bits per heavy atom. The fourth-order valence-corrected chi connectivity index (χ4v) is 3.28. The summed E-state index contributed by atoms with van der Waals surface area (Å²) in [5, 5.41) is 11.0. The van der Waals surface area contributed by atoms with Crippen molar-refractivity contribution in [2.45, 2.75) is 52.6 Å². The summed E-state index contributed by atoms with van der Waals surface area (Å²) in [5.41, 5.74) is 1.25. The second-order valence-corrected chi connectivity index (χ2v) is 6.60. The van der Waals surface area contributed by atoms with Crippen LogP contribution in [0, 0.1) is 6.92 Å². The zero-order valence-electron chi connectivity index (χ0n) is 11.9. The van der Waals surface area contributed by atoms with Crippen LogP contribution in [0.1, 0.15) is 50.6 Å². The molecule has 0 radical (unpaired) electrons. The van der Waals surface area contributed by atoms with Crippen LogP contribution in [0.2, 0.25) is 0 Å². The molecule has 1 aromatic rings. The summed E-state index contributed by atoms with van der Waals surface area (Å²) in [6.07, 6.45) is 0.187. The Bertz CT molecular complexity index is 406. The minimum Gasteiger partial charge on any atom is -0.481 e. The normalized spacial score (nSPS) is 13.9. The van der Waals surface area contributed by atoms with E-state index in [2.05, 4.69) is 51.0 Å². The van der Waals surface area contributed by atoms with Crippen molar-refractivity contribution in [1.29, 1.82) is 0 Å². The van der Waals surface area contributed by atoms with E-state index in [0.29, 0.717) is 6.54 Å². The van der Waals surface area contributed by atoms with Crippen LogP contribution < -0.4 is 0 Å². The van der Waals surface area contributed by atoms with Crippen LogP contribution in [0.4, 0.5) is 0 Å². The van der Waals surface area contributed by atoms with Gasteiger partial charge in [0.05, 0.1) is 6.42 Å². The van der Waals surface area contributed by atoms with Gasteiger partial charge >= 0.3 is 5.97 Å². The maximum absolute atomic E-state index is 10.8. The Morgan fingerprint density at radius 2 is 2.11 bits per heavy atom. The molecule has 0 saturated heterocycles. The number of carbonyl (C=O) groups is 1. The van der Waals surface area contributed by atoms with Gasteiger partial charge in [0, 0.05) is 23.0 Å². The average molecular weight is 269 g/mol. The molecule has 0 bridgehead atoms. The zero-order valence-corrected chi connectivity index (χ0v) is 12.7. The number of carboxylic acid groups (broad SMARTS) is 1. The molecule has 4 heteroatoms. The maximum Gasteiger partial charge on any atom is 0.304 e. The molecule has 0 aromatic carbocycles. The molecular weight excluding hydrogens is 246 g/mol. The second kappa shape index (κ2) is 5.85. The quantitative estimate of drug-likeness (QED) is 0.886. The molecule has 0 spiro atoms. The first kappa shape index (κ1) is 15.2. The Morgan fingerprint density at radius 3 is 2.50 bits per heavy atom. The summed E-state index contributed by atoms with van der Waals surface area (Å²) in [4.78, 5) is 14.4. The highest BCUT2D eigenvalue weighted by molar-refractivity contribution is 7.10. The molecule has 0 aliphatic rings. The summed E-state index contributed by atoms with van der Waals surface area (Å²) in [6, 6.07) is 2.37. The first-order valence-electron chi connectivity index (χ1n) is 6.26. The van der Waals surface area contributed by atoms with Crippen LogP contribution in [0.3, 0.4) is 0 Å². The summed E-state index contributed by atoms with van der Waals surface area (Å²) in [6.45, 7) is 11.3. The lowest BCUT2D eigenvalue weighted by Crippen LogP contribution is -2.44. The van der Waals surface area contributed by atoms with Crippen molar-refractivity contribution < 1.29 is 9.90 Å². The van der Waals surface area contributed by atoms with Gasteiger partial charge in [0.15, 0.2) is 0 Å². The molecule has 0 fully saturated rings. The topological polar surface area (TPSA) is 40.5 Å². The smallest absolute Gasteiger partial charge is 0.304 e. The second-order valence-electron chi connectivity index (χ2n) is 5.65. The molecule has 0 aliphatic carbocycles. The third kappa shape index (κ3) is 3.82. The highest BCUT2D eigenvalue weighted by Crippen LogP contribution is 2.32. The number of nitrogens with zero attached hydrogens (tertiary/aromatic N) is 1. The van der Waals surface area contributed by atoms with Crippen molar-refractivity contribution in [2.24, 2.45) is 0 Å². The lowest BCUT2D eigenvalue weighted by molar-refractivity contribution is -0.137. The van der Waals surface area contributed by atoms with Crippen LogP contribution in [0.5, 0.6) is 0 Å². The highest BCUT2D eigenvalue weighted by Gasteiger charge is 2.28. The molecule has 18 heavy (non-hydrogen) atoms. The molecule has 3 nitrogen and oxygen atoms in total. The summed E-state index contributed by atoms with van der Waals surface area (Å²) in [5.74, 6) is -0.737. The molecule has 1 heterocycles. The largest absolute Gasteiger partial charge is 0.481 e. The lowest BCUT2D eigenvalue weighted by Gasteiger charge is -2.40. The van der Waals surface area contributed by atoms with Gasteiger partial charge in [-0.15, -0.1) is 11.3 Å². The fraction of sp³-hybridized carbons (Fsp3) is 0.643. The Balaban J connectivity index is 2.90. The zero-order chi connectivity index (χ0) is 13.9. The summed E-state index contributed by atoms with van der Waals surface area (Å²) in [7, 11) is 0. The van der Waals surface area contributed by atoms with Crippen LogP contribution in [0.25, 0.3) is 0 Å². The molecule has 1 N–H and O–H groups in total. The van der Waals surface area contributed by atoms with E-state index >= 15 is 0 Å². The van der Waals surface area contributed by atoms with E-state index in [1.807, 2.05) is 0 Å². The number of aryl methyl sites for hydroxylation is 1. The van der Waals surface area contributed by atoms with Gasteiger partial charge < -0.3 is 5.11 Å². The highest BCUT2D eigenvalue weighted by atomic mass is 32.1. The van der Waals surface area contributed by atoms with E-state index in [9.17, 15) is 4.79 Å². The summed E-state index contributed by atoms with van der Waals surface area (Å²) < 4.78 is 0. The number of thiophene rings is 1. The molecular formula is C14H23NO2S. The minimum atomic E-state index is -0.737. The van der Waals surface area contributed by atoms with Crippen molar-refractivity contribution >= 4 is 17.3 Å². The molecule has 1 rings (SSSR count). The van der Waals surface area contributed by atoms with Gasteiger partial charge in [0.2, 0.25) is 0 Å². The van der Waals surface area contributed by atoms with Gasteiger partial charge in [-0.25, -0.2) is 0 Å². The Hall–Kier alpha value is -0.870. The van der Waals surface area contributed by atoms with E-state index in [0.717, 1.165) is 0 Å². The van der Waals surface area contributed by atoms with Gasteiger partial charge in [-0.1, -0.05) is 0 Å². The number of hydrogen-bond acceptors (Lipinski definition) is 3. The number of rotatable bonds is 5. The third-order valence-electron chi connectivity index (χ3n) is 3.18. The summed E-state index contributed by atoms with van der Waals surface area (Å²) >= 11 is 1.75. The molecule has 0 saturated carbocycles. The van der Waals surface area contributed by atoms with Gasteiger partial charge in [0.1, 0.15) is 0 Å². The van der Waals surface area contributed by atoms with Crippen molar-refractivity contribution in [3.05, 3.63) is 21.9 Å². The molecule has 102 valence electrons. The maximum atomic E-state index is 10.8. The van der Waals surface area contributed by atoms with Crippen molar-refractivity contribution in [2.75, 3.05) is 6.54 Å². The van der Waals surface area contributed by atoms with Crippen molar-refractivity contribution in [3.63, 3.8) is 0 Å². The minimum absolute atomic E-state index is 0.0364. The Labute approximate surface area is 113 Å². The van der Waals surface area contributed by atoms with Crippen LogP contribution in [-0.2, 0) is 4.79 Å². The van der Waals surface area contributed by atoms with E-state index in [-0.39, 0.29) is 18.0 Å². The van der Waals surface area contributed by atoms with Crippen LogP contribution in [-0.4, -0.2) is 28.1 Å². The average Bonchev–Trinajstić information content (AvgIpc) is 2.61. The van der Waals surface area contributed by atoms with E-state index in [1.165, 1.54) is 10.4 Å². The molecule has 1 aromatic heterocycles. The molecule has 1 atom stereocenters. The van der Waals surface area contributed by atoms with Gasteiger partial charge in [-0.3, -0.25) is 9.69 Å². The Kier molecular flexibility index (Phi) is 4.93.